The summed E-state index contributed by atoms with van der Waals surface area (Å²) in [6, 6.07) is 0. The van der Waals surface area contributed by atoms with E-state index >= 15 is 0 Å². The van der Waals surface area contributed by atoms with Crippen LogP contribution in [-0.2, 0) is 9.59 Å². The Morgan fingerprint density at radius 3 is 1.55 bits per heavy atom. The fraction of sp³-hybridized carbons (Fsp3) is 0.600. The Hall–Kier alpha value is 0.400. The Balaban J connectivity index is 0. The van der Waals surface area contributed by atoms with Crippen LogP contribution in [0.25, 0.3) is 0 Å². The molecule has 66 valence electrons. The fourth-order valence-electron chi connectivity index (χ4n) is 0.323. The molecule has 0 saturated heterocycles. The van der Waals surface area contributed by atoms with E-state index in [4.69, 9.17) is 0 Å². The van der Waals surface area contributed by atoms with Crippen LogP contribution >= 0.6 is 37.2 Å². The molecule has 0 heterocycles. The summed E-state index contributed by atoms with van der Waals surface area (Å²) in [7, 11) is 2.98. The maximum absolute atomic E-state index is 10.4. The third kappa shape index (κ3) is 10.4. The lowest BCUT2D eigenvalue weighted by molar-refractivity contribution is -0.128. The van der Waals surface area contributed by atoms with Crippen LogP contribution in [0, 0.1) is 0 Å². The maximum atomic E-state index is 10.4. The Bertz CT molecular complexity index is 116. The average molecular weight is 384 g/mol. The van der Waals surface area contributed by atoms with Crippen LogP contribution in [0.15, 0.2) is 0 Å². The van der Waals surface area contributed by atoms with Gasteiger partial charge in [-0.15, -0.1) is 0 Å². The molecule has 0 spiro atoms. The predicted octanol–water partition coefficient (Wildman–Crippen LogP) is 0.640. The largest absolute Gasteiger partial charge is 0.359 e. The first-order valence-electron chi connectivity index (χ1n) is 2.76. The van der Waals surface area contributed by atoms with Gasteiger partial charge in [0.15, 0.2) is 0 Å². The molecule has 0 aliphatic rings. The number of amides is 2. The highest BCUT2D eigenvalue weighted by molar-refractivity contribution is 15.0. The summed E-state index contributed by atoms with van der Waals surface area (Å²) >= 11 is 4.24. The van der Waals surface area contributed by atoms with E-state index in [0.717, 1.165) is 0 Å². The average Bonchev–Trinajstić information content (AvgIpc) is 2.07. The molecule has 0 aromatic carbocycles. The molecular formula is C5H10I2N2O2. The molecule has 2 N–H and O–H groups in total. The second kappa shape index (κ2) is 10.4. The Morgan fingerprint density at radius 1 is 1.09 bits per heavy atom. The third-order valence-corrected chi connectivity index (χ3v) is 0.879. The van der Waals surface area contributed by atoms with E-state index in [1.807, 2.05) is 0 Å². The fourth-order valence-corrected chi connectivity index (χ4v) is 0.323. The molecule has 0 fully saturated rings. The van der Waals surface area contributed by atoms with Crippen molar-refractivity contribution in [1.29, 1.82) is 0 Å². The van der Waals surface area contributed by atoms with E-state index in [-0.39, 0.29) is 18.2 Å². The normalized spacial score (nSPS) is 7.27. The summed E-state index contributed by atoms with van der Waals surface area (Å²) in [6.45, 7) is 0. The lowest BCUT2D eigenvalue weighted by Crippen LogP contribution is -2.27. The van der Waals surface area contributed by atoms with Gasteiger partial charge in [-0.25, -0.2) is 0 Å². The monoisotopic (exact) mass is 384 g/mol. The van der Waals surface area contributed by atoms with Gasteiger partial charge in [0.1, 0.15) is 6.42 Å². The number of carbonyl (C=O) groups is 2. The summed E-state index contributed by atoms with van der Waals surface area (Å²) in [5.74, 6) is -0.538. The van der Waals surface area contributed by atoms with Crippen molar-refractivity contribution in [2.24, 2.45) is 0 Å². The van der Waals surface area contributed by atoms with Gasteiger partial charge in [0, 0.05) is 51.3 Å². The van der Waals surface area contributed by atoms with Crippen molar-refractivity contribution in [3.63, 3.8) is 0 Å². The van der Waals surface area contributed by atoms with Gasteiger partial charge >= 0.3 is 0 Å². The zero-order chi connectivity index (χ0) is 9.28. The first-order valence-corrected chi connectivity index (χ1v) is 9.04. The lowest BCUT2D eigenvalue weighted by atomic mass is 10.4. The van der Waals surface area contributed by atoms with Crippen LogP contribution in [0.3, 0.4) is 0 Å². The van der Waals surface area contributed by atoms with Crippen LogP contribution in [0.2, 0.25) is 0 Å². The minimum atomic E-state index is -0.269. The molecule has 0 radical (unpaired) electrons. The SMILES string of the molecule is CNC(=O)CC(=O)NC.II. The number of carbonyl (C=O) groups excluding carboxylic acids is 2. The molecule has 0 aliphatic heterocycles. The van der Waals surface area contributed by atoms with Gasteiger partial charge < -0.3 is 10.6 Å². The Labute approximate surface area is 89.2 Å². The van der Waals surface area contributed by atoms with Crippen LogP contribution in [0.4, 0.5) is 0 Å². The molecule has 0 rings (SSSR count). The summed E-state index contributed by atoms with van der Waals surface area (Å²) in [5.41, 5.74) is 0. The summed E-state index contributed by atoms with van der Waals surface area (Å²) in [4.78, 5) is 20.8. The van der Waals surface area contributed by atoms with Crippen molar-refractivity contribution in [3.05, 3.63) is 0 Å². The minimum Gasteiger partial charge on any atom is -0.359 e. The molecule has 0 aromatic heterocycles. The number of rotatable bonds is 2. The molecule has 11 heavy (non-hydrogen) atoms. The second-order valence-electron chi connectivity index (χ2n) is 1.52. The molecule has 4 nitrogen and oxygen atoms in total. The number of hydrogen-bond donors (Lipinski definition) is 2. The van der Waals surface area contributed by atoms with E-state index < -0.39 is 0 Å². The topological polar surface area (TPSA) is 58.2 Å². The van der Waals surface area contributed by atoms with E-state index in [2.05, 4.69) is 47.9 Å². The van der Waals surface area contributed by atoms with Gasteiger partial charge in [0.25, 0.3) is 0 Å². The standard InChI is InChI=1S/C5H10N2O2.I2/c1-6-4(8)3-5(9)7-2;1-2/h3H2,1-2H3,(H,6,8)(H,7,9);. The third-order valence-electron chi connectivity index (χ3n) is 0.879. The molecule has 0 aliphatic carbocycles. The quantitative estimate of drug-likeness (QED) is 0.543. The molecule has 0 bridgehead atoms. The van der Waals surface area contributed by atoms with Gasteiger partial charge in [-0.1, -0.05) is 0 Å². The summed E-state index contributed by atoms with van der Waals surface area (Å²) < 4.78 is 0. The number of halogens is 2. The van der Waals surface area contributed by atoms with Gasteiger partial charge in [-0.3, -0.25) is 9.59 Å². The van der Waals surface area contributed by atoms with Crippen LogP contribution in [0.1, 0.15) is 6.42 Å². The highest BCUT2D eigenvalue weighted by Crippen LogP contribution is 1.89. The summed E-state index contributed by atoms with van der Waals surface area (Å²) in [6.07, 6.45) is -0.0903. The Kier molecular flexibility index (Phi) is 13.2. The molecule has 0 atom stereocenters. The van der Waals surface area contributed by atoms with Crippen molar-refractivity contribution < 1.29 is 9.59 Å². The molecule has 0 aromatic rings. The van der Waals surface area contributed by atoms with E-state index in [1.165, 1.54) is 14.1 Å². The first-order chi connectivity index (χ1) is 5.20. The zero-order valence-corrected chi connectivity index (χ0v) is 10.6. The van der Waals surface area contributed by atoms with E-state index in [1.54, 1.807) is 0 Å². The lowest BCUT2D eigenvalue weighted by Gasteiger charge is -1.96. The molecular weight excluding hydrogens is 374 g/mol. The first kappa shape index (κ1) is 14.0. The van der Waals surface area contributed by atoms with E-state index in [9.17, 15) is 9.59 Å². The van der Waals surface area contributed by atoms with Gasteiger partial charge in [0.05, 0.1) is 0 Å². The molecule has 0 unspecified atom stereocenters. The van der Waals surface area contributed by atoms with Crippen LogP contribution in [-0.4, -0.2) is 25.9 Å². The number of hydrogen-bond acceptors (Lipinski definition) is 2. The van der Waals surface area contributed by atoms with Gasteiger partial charge in [0.2, 0.25) is 11.8 Å². The van der Waals surface area contributed by atoms with Crippen molar-refractivity contribution >= 4 is 49.0 Å². The van der Waals surface area contributed by atoms with Gasteiger partial charge in [-0.05, 0) is 0 Å². The maximum Gasteiger partial charge on any atom is 0.229 e. The summed E-state index contributed by atoms with van der Waals surface area (Å²) in [5, 5.41) is 4.66. The second-order valence-corrected chi connectivity index (χ2v) is 1.52. The zero-order valence-electron chi connectivity index (χ0n) is 6.28. The highest BCUT2D eigenvalue weighted by Gasteiger charge is 2.03. The molecule has 0 saturated carbocycles. The highest BCUT2D eigenvalue weighted by atomic mass is 128. The molecule has 2 amide bonds. The minimum absolute atomic E-state index is 0.0903. The van der Waals surface area contributed by atoms with Crippen LogP contribution < -0.4 is 10.6 Å². The van der Waals surface area contributed by atoms with Crippen LogP contribution in [0.5, 0.6) is 0 Å². The van der Waals surface area contributed by atoms with Gasteiger partial charge in [-0.2, -0.15) is 0 Å². The van der Waals surface area contributed by atoms with Crippen molar-refractivity contribution in [2.45, 2.75) is 6.42 Å². The van der Waals surface area contributed by atoms with Crippen molar-refractivity contribution in [1.82, 2.24) is 10.6 Å². The van der Waals surface area contributed by atoms with E-state index in [0.29, 0.717) is 0 Å². The molecule has 6 heteroatoms. The van der Waals surface area contributed by atoms with Crippen molar-refractivity contribution in [2.75, 3.05) is 14.1 Å². The Morgan fingerprint density at radius 2 is 1.36 bits per heavy atom. The number of nitrogens with one attached hydrogen (secondary N) is 2. The smallest absolute Gasteiger partial charge is 0.229 e. The predicted molar refractivity (Wildman–Crippen MR) is 60.8 cm³/mol. The van der Waals surface area contributed by atoms with Crippen molar-refractivity contribution in [3.8, 4) is 0 Å².